The summed E-state index contributed by atoms with van der Waals surface area (Å²) in [6.07, 6.45) is 2.28. The molecule has 21 heavy (non-hydrogen) atoms. The van der Waals surface area contributed by atoms with Crippen LogP contribution < -0.4 is 5.73 Å². The first-order valence-corrected chi connectivity index (χ1v) is 7.99. The lowest BCUT2D eigenvalue weighted by atomic mass is 10.4. The molecule has 0 atom stereocenters. The molecule has 0 bridgehead atoms. The van der Waals surface area contributed by atoms with Gasteiger partial charge in [0.25, 0.3) is 0 Å². The first-order valence-electron chi connectivity index (χ1n) is 7.99. The minimum absolute atomic E-state index is 0.617. The zero-order chi connectivity index (χ0) is 15.6. The predicted octanol–water partition coefficient (Wildman–Crippen LogP) is 0.743. The fraction of sp³-hybridized carbons (Fsp3) is 1.00. The van der Waals surface area contributed by atoms with E-state index in [0.717, 1.165) is 39.3 Å². The van der Waals surface area contributed by atoms with Crippen LogP contribution in [0.15, 0.2) is 0 Å². The van der Waals surface area contributed by atoms with Crippen molar-refractivity contribution in [2.24, 2.45) is 5.73 Å². The molecule has 0 aliphatic heterocycles. The quantitative estimate of drug-likeness (QED) is 0.400. The highest BCUT2D eigenvalue weighted by molar-refractivity contribution is 4.57. The highest BCUT2D eigenvalue weighted by Gasteiger charge is 2.03. The summed E-state index contributed by atoms with van der Waals surface area (Å²) in [5.41, 5.74) is 5.57. The van der Waals surface area contributed by atoms with Crippen molar-refractivity contribution in [3.8, 4) is 0 Å². The van der Waals surface area contributed by atoms with Crippen molar-refractivity contribution >= 4 is 0 Å². The van der Waals surface area contributed by atoms with Gasteiger partial charge in [0.15, 0.2) is 0 Å². The molecule has 0 rings (SSSR count). The second kappa shape index (κ2) is 17.8. The molecule has 128 valence electrons. The Labute approximate surface area is 129 Å². The Balaban J connectivity index is 3.25. The summed E-state index contributed by atoms with van der Waals surface area (Å²) in [6, 6.07) is 0. The van der Waals surface area contributed by atoms with E-state index in [-0.39, 0.29) is 0 Å². The van der Waals surface area contributed by atoms with Crippen LogP contribution in [-0.4, -0.2) is 84.4 Å². The summed E-state index contributed by atoms with van der Waals surface area (Å²) in [6.45, 7) is 10.2. The maximum Gasteiger partial charge on any atom is 0.0701 e. The zero-order valence-corrected chi connectivity index (χ0v) is 13.8. The normalized spacial score (nSPS) is 11.4. The maximum atomic E-state index is 5.57. The molecule has 6 heteroatoms. The summed E-state index contributed by atoms with van der Waals surface area (Å²) in [4.78, 5) is 2.24. The molecular weight excluding hydrogens is 272 g/mol. The molecule has 0 radical (unpaired) electrons. The third-order valence-corrected chi connectivity index (χ3v) is 3.00. The fourth-order valence-corrected chi connectivity index (χ4v) is 1.72. The second-order valence-corrected chi connectivity index (χ2v) is 4.81. The number of ether oxygens (including phenoxy) is 4. The van der Waals surface area contributed by atoms with E-state index in [1.54, 1.807) is 7.11 Å². The lowest BCUT2D eigenvalue weighted by molar-refractivity contribution is 0.00930. The van der Waals surface area contributed by atoms with Gasteiger partial charge in [-0.25, -0.2) is 0 Å². The lowest BCUT2D eigenvalue weighted by Crippen LogP contribution is -2.35. The molecule has 0 aliphatic rings. The molecule has 0 amide bonds. The van der Waals surface area contributed by atoms with Gasteiger partial charge < -0.3 is 24.7 Å². The second-order valence-electron chi connectivity index (χ2n) is 4.81. The van der Waals surface area contributed by atoms with Gasteiger partial charge in [-0.05, 0) is 6.42 Å². The van der Waals surface area contributed by atoms with E-state index in [9.17, 15) is 0 Å². The average Bonchev–Trinajstić information content (AvgIpc) is 2.50. The number of hydrogen-bond donors (Lipinski definition) is 1. The van der Waals surface area contributed by atoms with Crippen molar-refractivity contribution in [2.45, 2.75) is 19.8 Å². The van der Waals surface area contributed by atoms with Gasteiger partial charge in [-0.1, -0.05) is 13.3 Å². The SMILES string of the molecule is CCCCOCCOCCOCCN(CCN)CCOC. The Morgan fingerprint density at radius 3 is 1.90 bits per heavy atom. The minimum atomic E-state index is 0.617. The van der Waals surface area contributed by atoms with Gasteiger partial charge >= 0.3 is 0 Å². The summed E-state index contributed by atoms with van der Waals surface area (Å²) < 4.78 is 21.4. The molecule has 0 aliphatic carbocycles. The van der Waals surface area contributed by atoms with E-state index in [0.29, 0.717) is 39.6 Å². The van der Waals surface area contributed by atoms with Gasteiger partial charge in [-0.2, -0.15) is 0 Å². The largest absolute Gasteiger partial charge is 0.383 e. The monoisotopic (exact) mass is 306 g/mol. The Morgan fingerprint density at radius 1 is 0.762 bits per heavy atom. The van der Waals surface area contributed by atoms with Gasteiger partial charge in [0.05, 0.1) is 39.6 Å². The molecule has 0 aromatic rings. The summed E-state index contributed by atoms with van der Waals surface area (Å²) >= 11 is 0. The molecule has 0 heterocycles. The van der Waals surface area contributed by atoms with Gasteiger partial charge in [-0.3, -0.25) is 4.90 Å². The Morgan fingerprint density at radius 2 is 1.33 bits per heavy atom. The zero-order valence-electron chi connectivity index (χ0n) is 13.8. The molecule has 2 N–H and O–H groups in total. The molecule has 0 spiro atoms. The van der Waals surface area contributed by atoms with Crippen molar-refractivity contribution in [1.29, 1.82) is 0 Å². The molecule has 0 aromatic carbocycles. The minimum Gasteiger partial charge on any atom is -0.383 e. The van der Waals surface area contributed by atoms with E-state index >= 15 is 0 Å². The maximum absolute atomic E-state index is 5.57. The first kappa shape index (κ1) is 20.8. The highest BCUT2D eigenvalue weighted by atomic mass is 16.5. The Kier molecular flexibility index (Phi) is 17.6. The lowest BCUT2D eigenvalue weighted by Gasteiger charge is -2.20. The molecule has 0 fully saturated rings. The van der Waals surface area contributed by atoms with Crippen LogP contribution in [0.1, 0.15) is 19.8 Å². The van der Waals surface area contributed by atoms with Crippen LogP contribution in [0.2, 0.25) is 0 Å². The van der Waals surface area contributed by atoms with Crippen LogP contribution in [0.4, 0.5) is 0 Å². The van der Waals surface area contributed by atoms with Crippen LogP contribution in [-0.2, 0) is 18.9 Å². The number of rotatable bonds is 17. The average molecular weight is 306 g/mol. The van der Waals surface area contributed by atoms with Crippen molar-refractivity contribution in [2.75, 3.05) is 79.5 Å². The molecular formula is C15H34N2O4. The molecule has 0 aromatic heterocycles. The van der Waals surface area contributed by atoms with E-state index in [1.165, 1.54) is 6.42 Å². The third-order valence-electron chi connectivity index (χ3n) is 3.00. The predicted molar refractivity (Wildman–Crippen MR) is 84.7 cm³/mol. The van der Waals surface area contributed by atoms with Crippen molar-refractivity contribution < 1.29 is 18.9 Å². The smallest absolute Gasteiger partial charge is 0.0701 e. The third kappa shape index (κ3) is 16.0. The Bertz CT molecular complexity index is 197. The Hall–Kier alpha value is -0.240. The number of nitrogens with two attached hydrogens (primary N) is 1. The van der Waals surface area contributed by atoms with E-state index < -0.39 is 0 Å². The van der Waals surface area contributed by atoms with Crippen LogP contribution in [0, 0.1) is 0 Å². The fourth-order valence-electron chi connectivity index (χ4n) is 1.72. The van der Waals surface area contributed by atoms with E-state index in [2.05, 4.69) is 11.8 Å². The standard InChI is InChI=1S/C15H34N2O4/c1-3-4-9-19-12-14-21-15-13-20-11-8-17(6-5-16)7-10-18-2/h3-16H2,1-2H3. The molecule has 0 unspecified atom stereocenters. The highest BCUT2D eigenvalue weighted by Crippen LogP contribution is 1.90. The number of unbranched alkanes of at least 4 members (excludes halogenated alkanes) is 1. The van der Waals surface area contributed by atoms with Crippen molar-refractivity contribution in [3.63, 3.8) is 0 Å². The number of methoxy groups -OCH3 is 1. The van der Waals surface area contributed by atoms with Crippen molar-refractivity contribution in [3.05, 3.63) is 0 Å². The molecule has 6 nitrogen and oxygen atoms in total. The van der Waals surface area contributed by atoms with Crippen LogP contribution >= 0.6 is 0 Å². The van der Waals surface area contributed by atoms with Gasteiger partial charge in [-0.15, -0.1) is 0 Å². The molecule has 0 saturated carbocycles. The van der Waals surface area contributed by atoms with E-state index in [1.807, 2.05) is 0 Å². The van der Waals surface area contributed by atoms with Crippen molar-refractivity contribution in [1.82, 2.24) is 4.90 Å². The van der Waals surface area contributed by atoms with Crippen LogP contribution in [0.25, 0.3) is 0 Å². The summed E-state index contributed by atoms with van der Waals surface area (Å²) in [5, 5.41) is 0. The van der Waals surface area contributed by atoms with Crippen LogP contribution in [0.5, 0.6) is 0 Å². The molecule has 0 saturated heterocycles. The van der Waals surface area contributed by atoms with E-state index in [4.69, 9.17) is 24.7 Å². The van der Waals surface area contributed by atoms with Gasteiger partial charge in [0.1, 0.15) is 0 Å². The number of nitrogens with zero attached hydrogens (tertiary/aromatic N) is 1. The number of hydrogen-bond acceptors (Lipinski definition) is 6. The van der Waals surface area contributed by atoms with Gasteiger partial charge in [0.2, 0.25) is 0 Å². The first-order chi connectivity index (χ1) is 10.3. The van der Waals surface area contributed by atoms with Gasteiger partial charge in [0, 0.05) is 39.9 Å². The van der Waals surface area contributed by atoms with Crippen LogP contribution in [0.3, 0.4) is 0 Å². The summed E-state index contributed by atoms with van der Waals surface area (Å²) in [7, 11) is 1.71. The topological polar surface area (TPSA) is 66.2 Å². The summed E-state index contributed by atoms with van der Waals surface area (Å²) in [5.74, 6) is 0.